The van der Waals surface area contributed by atoms with E-state index in [0.717, 1.165) is 33.4 Å². The van der Waals surface area contributed by atoms with E-state index in [1.54, 1.807) is 24.0 Å². The zero-order chi connectivity index (χ0) is 19.0. The van der Waals surface area contributed by atoms with Crippen molar-refractivity contribution < 1.29 is 4.79 Å². The first kappa shape index (κ1) is 17.0. The second kappa shape index (κ2) is 6.68. The standard InChI is InChI=1S/C22H20N4O/c1-14-4-5-16-6-9-19(24-20(16)12-14)17-7-8-18(15(2)13-17)25-22(27)21-10-11-23-26(21)3/h4-13H,1-3H3,(H,25,27). The van der Waals surface area contributed by atoms with Crippen LogP contribution in [0.15, 0.2) is 60.8 Å². The van der Waals surface area contributed by atoms with Crippen molar-refractivity contribution in [2.45, 2.75) is 13.8 Å². The third-order valence-electron chi connectivity index (χ3n) is 4.67. The van der Waals surface area contributed by atoms with E-state index in [9.17, 15) is 4.79 Å². The average Bonchev–Trinajstić information content (AvgIpc) is 3.08. The number of carbonyl (C=O) groups is 1. The molecule has 0 fully saturated rings. The minimum Gasteiger partial charge on any atom is -0.320 e. The maximum atomic E-state index is 12.4. The molecule has 134 valence electrons. The molecule has 5 nitrogen and oxygen atoms in total. The fourth-order valence-corrected chi connectivity index (χ4v) is 3.13. The zero-order valence-electron chi connectivity index (χ0n) is 15.5. The van der Waals surface area contributed by atoms with Gasteiger partial charge in [-0.2, -0.15) is 5.10 Å². The average molecular weight is 356 g/mol. The lowest BCUT2D eigenvalue weighted by Gasteiger charge is -2.11. The number of carbonyl (C=O) groups excluding carboxylic acids is 1. The van der Waals surface area contributed by atoms with E-state index in [0.29, 0.717) is 5.69 Å². The molecule has 0 unspecified atom stereocenters. The maximum Gasteiger partial charge on any atom is 0.273 e. The third-order valence-corrected chi connectivity index (χ3v) is 4.67. The van der Waals surface area contributed by atoms with Gasteiger partial charge in [-0.15, -0.1) is 0 Å². The topological polar surface area (TPSA) is 59.8 Å². The van der Waals surface area contributed by atoms with Crippen molar-refractivity contribution in [2.24, 2.45) is 7.05 Å². The van der Waals surface area contributed by atoms with Gasteiger partial charge in [0.2, 0.25) is 0 Å². The van der Waals surface area contributed by atoms with Crippen LogP contribution in [0.1, 0.15) is 21.6 Å². The maximum absolute atomic E-state index is 12.4. The molecule has 4 aromatic rings. The molecule has 27 heavy (non-hydrogen) atoms. The Morgan fingerprint density at radius 3 is 2.56 bits per heavy atom. The van der Waals surface area contributed by atoms with Crippen molar-refractivity contribution in [1.29, 1.82) is 0 Å². The minimum absolute atomic E-state index is 0.176. The van der Waals surface area contributed by atoms with Crippen LogP contribution in [0.3, 0.4) is 0 Å². The van der Waals surface area contributed by atoms with Gasteiger partial charge in [0, 0.05) is 29.9 Å². The summed E-state index contributed by atoms with van der Waals surface area (Å²) in [4.78, 5) is 17.2. The predicted molar refractivity (Wildman–Crippen MR) is 108 cm³/mol. The van der Waals surface area contributed by atoms with Crippen LogP contribution in [-0.2, 0) is 7.05 Å². The Balaban J connectivity index is 1.63. The highest BCUT2D eigenvalue weighted by Gasteiger charge is 2.12. The van der Waals surface area contributed by atoms with Gasteiger partial charge in [0.15, 0.2) is 0 Å². The Kier molecular flexibility index (Phi) is 4.20. The van der Waals surface area contributed by atoms with E-state index in [1.807, 2.05) is 31.2 Å². The number of aromatic nitrogens is 3. The number of benzene rings is 2. The number of anilines is 1. The minimum atomic E-state index is -0.176. The number of aryl methyl sites for hydroxylation is 3. The number of rotatable bonds is 3. The molecule has 0 spiro atoms. The van der Waals surface area contributed by atoms with Gasteiger partial charge in [-0.3, -0.25) is 9.48 Å². The van der Waals surface area contributed by atoms with Crippen molar-refractivity contribution >= 4 is 22.5 Å². The largest absolute Gasteiger partial charge is 0.320 e. The number of fused-ring (bicyclic) bond motifs is 1. The highest BCUT2D eigenvalue weighted by Crippen LogP contribution is 2.26. The number of amides is 1. The number of hydrogen-bond donors (Lipinski definition) is 1. The summed E-state index contributed by atoms with van der Waals surface area (Å²) in [5, 5.41) is 8.11. The van der Waals surface area contributed by atoms with E-state index in [-0.39, 0.29) is 5.91 Å². The molecular weight excluding hydrogens is 336 g/mol. The van der Waals surface area contributed by atoms with Crippen LogP contribution in [-0.4, -0.2) is 20.7 Å². The third kappa shape index (κ3) is 3.31. The van der Waals surface area contributed by atoms with Crippen LogP contribution in [0.25, 0.3) is 22.2 Å². The Morgan fingerprint density at radius 2 is 1.81 bits per heavy atom. The van der Waals surface area contributed by atoms with Crippen LogP contribution < -0.4 is 5.32 Å². The van der Waals surface area contributed by atoms with Crippen LogP contribution in [0.2, 0.25) is 0 Å². The summed E-state index contributed by atoms with van der Waals surface area (Å²) < 4.78 is 1.56. The van der Waals surface area contributed by atoms with Gasteiger partial charge in [0.25, 0.3) is 5.91 Å². The Labute approximate surface area is 157 Å². The molecule has 4 rings (SSSR count). The number of nitrogens with zero attached hydrogens (tertiary/aromatic N) is 3. The van der Waals surface area contributed by atoms with Crippen LogP contribution >= 0.6 is 0 Å². The monoisotopic (exact) mass is 356 g/mol. The summed E-state index contributed by atoms with van der Waals surface area (Å²) in [6.45, 7) is 4.05. The number of hydrogen-bond acceptors (Lipinski definition) is 3. The fourth-order valence-electron chi connectivity index (χ4n) is 3.13. The van der Waals surface area contributed by atoms with Crippen LogP contribution in [0.5, 0.6) is 0 Å². The van der Waals surface area contributed by atoms with Gasteiger partial charge in [-0.25, -0.2) is 4.98 Å². The molecule has 2 heterocycles. The smallest absolute Gasteiger partial charge is 0.273 e. The highest BCUT2D eigenvalue weighted by molar-refractivity contribution is 6.03. The van der Waals surface area contributed by atoms with Gasteiger partial charge < -0.3 is 5.32 Å². The van der Waals surface area contributed by atoms with Crippen LogP contribution in [0.4, 0.5) is 5.69 Å². The van der Waals surface area contributed by atoms with E-state index < -0.39 is 0 Å². The van der Waals surface area contributed by atoms with E-state index >= 15 is 0 Å². The highest BCUT2D eigenvalue weighted by atomic mass is 16.2. The van der Waals surface area contributed by atoms with Gasteiger partial charge in [0.05, 0.1) is 11.2 Å². The lowest BCUT2D eigenvalue weighted by Crippen LogP contribution is -2.16. The molecule has 0 saturated carbocycles. The Hall–Kier alpha value is -3.47. The Morgan fingerprint density at radius 1 is 1.00 bits per heavy atom. The fraction of sp³-hybridized carbons (Fsp3) is 0.136. The first-order valence-electron chi connectivity index (χ1n) is 8.79. The Bertz CT molecular complexity index is 1160. The molecule has 0 saturated heterocycles. The SMILES string of the molecule is Cc1ccc2ccc(-c3ccc(NC(=O)c4ccnn4C)c(C)c3)nc2c1. The predicted octanol–water partition coefficient (Wildman–Crippen LogP) is 4.50. The van der Waals surface area contributed by atoms with Gasteiger partial charge in [-0.05, 0) is 55.3 Å². The molecule has 0 aliphatic rings. The number of pyridine rings is 1. The van der Waals surface area contributed by atoms with E-state index in [1.165, 1.54) is 5.56 Å². The second-order valence-corrected chi connectivity index (χ2v) is 6.72. The van der Waals surface area contributed by atoms with E-state index in [4.69, 9.17) is 4.98 Å². The van der Waals surface area contributed by atoms with Gasteiger partial charge in [0.1, 0.15) is 5.69 Å². The van der Waals surface area contributed by atoms with Crippen molar-refractivity contribution in [3.05, 3.63) is 77.6 Å². The lowest BCUT2D eigenvalue weighted by atomic mass is 10.0. The molecule has 2 aromatic heterocycles. The summed E-state index contributed by atoms with van der Waals surface area (Å²) in [6.07, 6.45) is 1.61. The van der Waals surface area contributed by atoms with E-state index in [2.05, 4.69) is 41.6 Å². The first-order chi connectivity index (χ1) is 13.0. The molecule has 0 aliphatic heterocycles. The van der Waals surface area contributed by atoms with Crippen LogP contribution in [0, 0.1) is 13.8 Å². The molecular formula is C22H20N4O. The molecule has 1 N–H and O–H groups in total. The van der Waals surface area contributed by atoms with Gasteiger partial charge in [-0.1, -0.05) is 24.3 Å². The second-order valence-electron chi connectivity index (χ2n) is 6.72. The molecule has 1 amide bonds. The molecule has 2 aromatic carbocycles. The molecule has 0 radical (unpaired) electrons. The summed E-state index contributed by atoms with van der Waals surface area (Å²) in [7, 11) is 1.75. The quantitative estimate of drug-likeness (QED) is 0.588. The summed E-state index contributed by atoms with van der Waals surface area (Å²) in [5.74, 6) is -0.176. The zero-order valence-corrected chi connectivity index (χ0v) is 15.5. The van der Waals surface area contributed by atoms with Crippen molar-refractivity contribution in [1.82, 2.24) is 14.8 Å². The molecule has 0 aliphatic carbocycles. The van der Waals surface area contributed by atoms with Crippen molar-refractivity contribution in [3.8, 4) is 11.3 Å². The van der Waals surface area contributed by atoms with Crippen molar-refractivity contribution in [2.75, 3.05) is 5.32 Å². The summed E-state index contributed by atoms with van der Waals surface area (Å²) in [5.41, 5.74) is 6.39. The normalized spacial score (nSPS) is 10.9. The summed E-state index contributed by atoms with van der Waals surface area (Å²) in [6, 6.07) is 18.0. The lowest BCUT2D eigenvalue weighted by molar-refractivity contribution is 0.101. The number of nitrogens with one attached hydrogen (secondary N) is 1. The molecule has 5 heteroatoms. The summed E-state index contributed by atoms with van der Waals surface area (Å²) >= 11 is 0. The molecule has 0 bridgehead atoms. The molecule has 0 atom stereocenters. The van der Waals surface area contributed by atoms with Crippen molar-refractivity contribution in [3.63, 3.8) is 0 Å². The first-order valence-corrected chi connectivity index (χ1v) is 8.79. The van der Waals surface area contributed by atoms with Gasteiger partial charge >= 0.3 is 0 Å².